The van der Waals surface area contributed by atoms with Gasteiger partial charge in [0.05, 0.1) is 0 Å². The zero-order valence-electron chi connectivity index (χ0n) is 7.71. The molecule has 2 rings (SSSR count). The molecule has 0 N–H and O–H groups in total. The molecule has 0 aromatic heterocycles. The van der Waals surface area contributed by atoms with Crippen LogP contribution < -0.4 is 0 Å². The summed E-state index contributed by atoms with van der Waals surface area (Å²) in [6.45, 7) is 7.54. The predicted octanol–water partition coefficient (Wildman–Crippen LogP) is 2.13. The van der Waals surface area contributed by atoms with Crippen LogP contribution in [0.15, 0.2) is 0 Å². The van der Waals surface area contributed by atoms with Crippen molar-refractivity contribution in [2.24, 2.45) is 11.8 Å². The highest BCUT2D eigenvalue weighted by atomic mass is 15.2. The lowest BCUT2D eigenvalue weighted by molar-refractivity contribution is 0.160. The molecule has 1 nitrogen and oxygen atoms in total. The first-order chi connectivity index (χ1) is 5.25. The van der Waals surface area contributed by atoms with Crippen LogP contribution in [-0.2, 0) is 0 Å². The van der Waals surface area contributed by atoms with E-state index in [-0.39, 0.29) is 0 Å². The van der Waals surface area contributed by atoms with E-state index in [2.05, 4.69) is 18.7 Å². The molecular formula is C10H19N. The first kappa shape index (κ1) is 7.60. The summed E-state index contributed by atoms with van der Waals surface area (Å²) in [5, 5.41) is 0. The molecule has 2 saturated heterocycles. The topological polar surface area (TPSA) is 3.24 Å². The van der Waals surface area contributed by atoms with Gasteiger partial charge in [0.15, 0.2) is 0 Å². The lowest BCUT2D eigenvalue weighted by Crippen LogP contribution is -2.37. The number of hydrogen-bond donors (Lipinski definition) is 0. The lowest BCUT2D eigenvalue weighted by Gasteiger charge is -2.32. The molecule has 0 spiro atoms. The lowest BCUT2D eigenvalue weighted by atomic mass is 9.92. The summed E-state index contributed by atoms with van der Waals surface area (Å²) < 4.78 is 0. The third kappa shape index (κ3) is 1.44. The van der Waals surface area contributed by atoms with Crippen LogP contribution in [0.1, 0.15) is 33.1 Å². The summed E-state index contributed by atoms with van der Waals surface area (Å²) in [6, 6.07) is 0.953. The Morgan fingerprint density at radius 2 is 1.82 bits per heavy atom. The van der Waals surface area contributed by atoms with E-state index >= 15 is 0 Å². The molecule has 11 heavy (non-hydrogen) atoms. The molecule has 0 aromatic rings. The predicted molar refractivity (Wildman–Crippen MR) is 47.5 cm³/mol. The van der Waals surface area contributed by atoms with Crippen LogP contribution in [0.25, 0.3) is 0 Å². The molecule has 0 aromatic carbocycles. The number of piperidine rings is 1. The van der Waals surface area contributed by atoms with Crippen LogP contribution in [0.5, 0.6) is 0 Å². The van der Waals surface area contributed by atoms with E-state index in [1.165, 1.54) is 32.4 Å². The average molecular weight is 153 g/mol. The molecule has 0 saturated carbocycles. The maximum Gasteiger partial charge on any atom is 0.0101 e. The van der Waals surface area contributed by atoms with E-state index in [0.29, 0.717) is 0 Å². The molecule has 2 heterocycles. The molecule has 0 aliphatic carbocycles. The quantitative estimate of drug-likeness (QED) is 0.515. The number of nitrogens with zero attached hydrogens (tertiary/aromatic N) is 1. The van der Waals surface area contributed by atoms with Crippen molar-refractivity contribution in [1.82, 2.24) is 4.90 Å². The first-order valence-electron chi connectivity index (χ1n) is 4.99. The highest BCUT2D eigenvalue weighted by molar-refractivity contribution is 4.87. The highest BCUT2D eigenvalue weighted by Crippen LogP contribution is 2.32. The molecule has 64 valence electrons. The maximum atomic E-state index is 2.70. The van der Waals surface area contributed by atoms with E-state index < -0.39 is 0 Å². The molecule has 2 fully saturated rings. The van der Waals surface area contributed by atoms with Gasteiger partial charge in [0, 0.05) is 12.6 Å². The van der Waals surface area contributed by atoms with Gasteiger partial charge in [-0.3, -0.25) is 0 Å². The number of rotatable bonds is 0. The normalized spacial score (nSPS) is 45.8. The summed E-state index contributed by atoms with van der Waals surface area (Å²) in [7, 11) is 0. The summed E-state index contributed by atoms with van der Waals surface area (Å²) in [6.07, 6.45) is 4.36. The zero-order valence-corrected chi connectivity index (χ0v) is 7.71. The molecule has 0 amide bonds. The van der Waals surface area contributed by atoms with Crippen molar-refractivity contribution in [1.29, 1.82) is 0 Å². The van der Waals surface area contributed by atoms with E-state index in [0.717, 1.165) is 17.9 Å². The van der Waals surface area contributed by atoms with E-state index in [4.69, 9.17) is 0 Å². The van der Waals surface area contributed by atoms with Gasteiger partial charge in [0.25, 0.3) is 0 Å². The van der Waals surface area contributed by atoms with Crippen LogP contribution in [0.2, 0.25) is 0 Å². The monoisotopic (exact) mass is 153 g/mol. The minimum Gasteiger partial charge on any atom is -0.300 e. The molecular weight excluding hydrogens is 134 g/mol. The minimum absolute atomic E-state index is 0.953. The first-order valence-corrected chi connectivity index (χ1v) is 4.99. The Morgan fingerprint density at radius 1 is 1.09 bits per heavy atom. The van der Waals surface area contributed by atoms with E-state index in [9.17, 15) is 0 Å². The zero-order chi connectivity index (χ0) is 7.84. The second-order valence-corrected chi connectivity index (χ2v) is 4.62. The standard InChI is InChI=1S/C10H19N/c1-8-3-4-11-7-9(2)6-10(11)5-8/h8-10H,3-7H2,1-2H3/t8-,9-,10+/m0/s1. The Kier molecular flexibility index (Phi) is 1.92. The molecule has 0 unspecified atom stereocenters. The number of hydrogen-bond acceptors (Lipinski definition) is 1. The summed E-state index contributed by atoms with van der Waals surface area (Å²) in [4.78, 5) is 2.70. The van der Waals surface area contributed by atoms with E-state index in [1.54, 1.807) is 0 Å². The van der Waals surface area contributed by atoms with Gasteiger partial charge >= 0.3 is 0 Å². The third-order valence-corrected chi connectivity index (χ3v) is 3.32. The van der Waals surface area contributed by atoms with Crippen molar-refractivity contribution in [3.63, 3.8) is 0 Å². The average Bonchev–Trinajstić information content (AvgIpc) is 2.27. The summed E-state index contributed by atoms with van der Waals surface area (Å²) in [5.74, 6) is 1.95. The Hall–Kier alpha value is -0.0400. The smallest absolute Gasteiger partial charge is 0.0101 e. The maximum absolute atomic E-state index is 2.70. The van der Waals surface area contributed by atoms with Crippen LogP contribution in [0.3, 0.4) is 0 Å². The van der Waals surface area contributed by atoms with Crippen LogP contribution in [0, 0.1) is 11.8 Å². The fraction of sp³-hybridized carbons (Fsp3) is 1.00. The van der Waals surface area contributed by atoms with Crippen LogP contribution in [0.4, 0.5) is 0 Å². The van der Waals surface area contributed by atoms with Crippen molar-refractivity contribution >= 4 is 0 Å². The van der Waals surface area contributed by atoms with Crippen molar-refractivity contribution in [3.8, 4) is 0 Å². The van der Waals surface area contributed by atoms with E-state index in [1.807, 2.05) is 0 Å². The molecule has 2 aliphatic heterocycles. The Bertz CT molecular complexity index is 144. The largest absolute Gasteiger partial charge is 0.300 e. The van der Waals surface area contributed by atoms with Gasteiger partial charge in [-0.2, -0.15) is 0 Å². The minimum atomic E-state index is 0.953. The van der Waals surface area contributed by atoms with Gasteiger partial charge in [-0.1, -0.05) is 13.8 Å². The molecule has 0 bridgehead atoms. The third-order valence-electron chi connectivity index (χ3n) is 3.32. The van der Waals surface area contributed by atoms with Gasteiger partial charge in [-0.05, 0) is 37.6 Å². The van der Waals surface area contributed by atoms with Gasteiger partial charge in [-0.25, -0.2) is 0 Å². The van der Waals surface area contributed by atoms with Crippen molar-refractivity contribution in [3.05, 3.63) is 0 Å². The summed E-state index contributed by atoms with van der Waals surface area (Å²) in [5.41, 5.74) is 0. The second-order valence-electron chi connectivity index (χ2n) is 4.62. The highest BCUT2D eigenvalue weighted by Gasteiger charge is 2.33. The van der Waals surface area contributed by atoms with Crippen molar-refractivity contribution < 1.29 is 0 Å². The Morgan fingerprint density at radius 3 is 2.64 bits per heavy atom. The Labute approximate surface area is 69.8 Å². The SMILES string of the molecule is C[C@H]1CCN2C[C@@H](C)C[C@H]2C1. The van der Waals surface area contributed by atoms with Gasteiger partial charge in [0.1, 0.15) is 0 Å². The van der Waals surface area contributed by atoms with Crippen LogP contribution >= 0.6 is 0 Å². The van der Waals surface area contributed by atoms with Gasteiger partial charge < -0.3 is 4.90 Å². The molecule has 2 aliphatic rings. The second kappa shape index (κ2) is 2.78. The molecule has 0 radical (unpaired) electrons. The fourth-order valence-corrected chi connectivity index (χ4v) is 2.73. The molecule has 1 heteroatoms. The Balaban J connectivity index is 1.97. The number of fused-ring (bicyclic) bond motifs is 1. The van der Waals surface area contributed by atoms with Crippen molar-refractivity contribution in [2.75, 3.05) is 13.1 Å². The van der Waals surface area contributed by atoms with Crippen LogP contribution in [-0.4, -0.2) is 24.0 Å². The van der Waals surface area contributed by atoms with Gasteiger partial charge in [0.2, 0.25) is 0 Å². The molecule has 3 atom stereocenters. The summed E-state index contributed by atoms with van der Waals surface area (Å²) >= 11 is 0. The fourth-order valence-electron chi connectivity index (χ4n) is 2.73. The van der Waals surface area contributed by atoms with Gasteiger partial charge in [-0.15, -0.1) is 0 Å². The van der Waals surface area contributed by atoms with Crippen molar-refractivity contribution in [2.45, 2.75) is 39.2 Å².